The van der Waals surface area contributed by atoms with Crippen LogP contribution in [0.15, 0.2) is 22.1 Å². The summed E-state index contributed by atoms with van der Waals surface area (Å²) in [6, 6.07) is 0. The molecular formula is C25H39N5O3S2. The molecule has 0 aromatic carbocycles. The number of aromatic nitrogens is 3. The highest BCUT2D eigenvalue weighted by Gasteiger charge is 2.29. The molecule has 1 aliphatic rings. The number of thioether (sulfide) groups is 1. The van der Waals surface area contributed by atoms with Crippen LogP contribution in [0.5, 0.6) is 0 Å². The van der Waals surface area contributed by atoms with Crippen molar-refractivity contribution in [2.24, 2.45) is 0 Å². The fourth-order valence-electron chi connectivity index (χ4n) is 3.82. The Labute approximate surface area is 217 Å². The summed E-state index contributed by atoms with van der Waals surface area (Å²) < 4.78 is 5.35. The van der Waals surface area contributed by atoms with Crippen LogP contribution in [0.25, 0.3) is 0 Å². The summed E-state index contributed by atoms with van der Waals surface area (Å²) in [7, 11) is 0. The lowest BCUT2D eigenvalue weighted by Gasteiger charge is -2.29. The molecule has 0 saturated carbocycles. The van der Waals surface area contributed by atoms with Crippen LogP contribution in [0, 0.1) is 0 Å². The Bertz CT molecular complexity index is 901. The Kier molecular flexibility index (Phi) is 11.1. The van der Waals surface area contributed by atoms with Crippen molar-refractivity contribution in [2.45, 2.75) is 74.8 Å². The standard InChI is InChI=1S/C25H39N5O3S2/c1-4-5-6-7-8-9-11-30(23-26-17-21(18-27-23)29-13-15-33-16-14-29)12-10-20-19-34-24(28-20)35-25(2,3)22(31)32/h17-19H,4-16H2,1-3H3,(H,31,32). The van der Waals surface area contributed by atoms with Gasteiger partial charge in [0.2, 0.25) is 5.95 Å². The van der Waals surface area contributed by atoms with E-state index in [0.29, 0.717) is 0 Å². The molecule has 3 rings (SSSR count). The first-order valence-electron chi connectivity index (χ1n) is 12.7. The molecule has 0 aliphatic carbocycles. The van der Waals surface area contributed by atoms with Crippen LogP contribution >= 0.6 is 23.1 Å². The number of rotatable bonds is 15. The Morgan fingerprint density at radius 2 is 1.83 bits per heavy atom. The summed E-state index contributed by atoms with van der Waals surface area (Å²) in [4.78, 5) is 30.1. The number of thiazole rings is 1. The van der Waals surface area contributed by atoms with E-state index in [4.69, 9.17) is 14.7 Å². The van der Waals surface area contributed by atoms with Gasteiger partial charge in [-0.2, -0.15) is 0 Å². The molecule has 0 spiro atoms. The summed E-state index contributed by atoms with van der Waals surface area (Å²) in [5.74, 6) is -0.0746. The van der Waals surface area contributed by atoms with E-state index in [0.717, 1.165) is 73.9 Å². The number of anilines is 2. The van der Waals surface area contributed by atoms with Gasteiger partial charge in [0, 0.05) is 38.0 Å². The van der Waals surface area contributed by atoms with Gasteiger partial charge in [0.25, 0.3) is 0 Å². The molecule has 0 bridgehead atoms. The van der Waals surface area contributed by atoms with Crippen molar-refractivity contribution in [3.8, 4) is 0 Å². The predicted octanol–water partition coefficient (Wildman–Crippen LogP) is 5.13. The molecule has 1 saturated heterocycles. The molecule has 3 heterocycles. The second-order valence-corrected chi connectivity index (χ2v) is 12.1. The fraction of sp³-hybridized carbons (Fsp3) is 0.680. The molecule has 35 heavy (non-hydrogen) atoms. The lowest BCUT2D eigenvalue weighted by molar-refractivity contribution is -0.138. The molecule has 1 fully saturated rings. The third-order valence-corrected chi connectivity index (χ3v) is 8.26. The van der Waals surface area contributed by atoms with Crippen LogP contribution in [0.1, 0.15) is 65.0 Å². The van der Waals surface area contributed by atoms with E-state index in [1.54, 1.807) is 13.8 Å². The Morgan fingerprint density at radius 3 is 2.51 bits per heavy atom. The number of hydrogen-bond acceptors (Lipinski definition) is 9. The summed E-state index contributed by atoms with van der Waals surface area (Å²) in [6.45, 7) is 10.6. The maximum absolute atomic E-state index is 11.4. The average Bonchev–Trinajstić information content (AvgIpc) is 3.30. The van der Waals surface area contributed by atoms with Crippen LogP contribution in [0.4, 0.5) is 11.6 Å². The van der Waals surface area contributed by atoms with E-state index in [2.05, 4.69) is 21.7 Å². The van der Waals surface area contributed by atoms with Gasteiger partial charge in [-0.25, -0.2) is 15.0 Å². The predicted molar refractivity (Wildman–Crippen MR) is 144 cm³/mol. The van der Waals surface area contributed by atoms with Crippen LogP contribution < -0.4 is 9.80 Å². The summed E-state index contributed by atoms with van der Waals surface area (Å²) in [5.41, 5.74) is 2.02. The molecule has 0 radical (unpaired) electrons. The normalized spacial score (nSPS) is 14.3. The first-order chi connectivity index (χ1) is 16.9. The smallest absolute Gasteiger partial charge is 0.319 e. The molecule has 8 nitrogen and oxygen atoms in total. The van der Waals surface area contributed by atoms with E-state index in [9.17, 15) is 9.90 Å². The Morgan fingerprint density at radius 1 is 1.14 bits per heavy atom. The second-order valence-electron chi connectivity index (χ2n) is 9.37. The zero-order chi connectivity index (χ0) is 25.1. The largest absolute Gasteiger partial charge is 0.480 e. The van der Waals surface area contributed by atoms with Gasteiger partial charge in [-0.1, -0.05) is 50.8 Å². The van der Waals surface area contributed by atoms with E-state index >= 15 is 0 Å². The van der Waals surface area contributed by atoms with E-state index in [-0.39, 0.29) is 0 Å². The van der Waals surface area contributed by atoms with Gasteiger partial charge < -0.3 is 19.6 Å². The number of carbonyl (C=O) groups is 1. The minimum atomic E-state index is -0.894. The van der Waals surface area contributed by atoms with Crippen molar-refractivity contribution >= 4 is 40.7 Å². The number of carboxylic acids is 1. The van der Waals surface area contributed by atoms with Crippen molar-refractivity contribution in [3.05, 3.63) is 23.5 Å². The maximum atomic E-state index is 11.4. The van der Waals surface area contributed by atoms with Gasteiger partial charge >= 0.3 is 5.97 Å². The molecule has 0 atom stereocenters. The van der Waals surface area contributed by atoms with Crippen LogP contribution in [-0.2, 0) is 16.0 Å². The van der Waals surface area contributed by atoms with Gasteiger partial charge in [0.15, 0.2) is 4.34 Å². The lowest BCUT2D eigenvalue weighted by Crippen LogP contribution is -2.36. The summed E-state index contributed by atoms with van der Waals surface area (Å²) in [5, 5.41) is 11.4. The van der Waals surface area contributed by atoms with E-state index in [1.165, 1.54) is 55.2 Å². The van der Waals surface area contributed by atoms with Crippen LogP contribution in [0.2, 0.25) is 0 Å². The van der Waals surface area contributed by atoms with Crippen molar-refractivity contribution < 1.29 is 14.6 Å². The SMILES string of the molecule is CCCCCCCCN(CCc1csc(SC(C)(C)C(=O)O)n1)c1ncc(N2CCOCC2)cn1. The molecular weight excluding hydrogens is 482 g/mol. The quantitative estimate of drug-likeness (QED) is 0.253. The molecule has 10 heteroatoms. The molecule has 194 valence electrons. The molecule has 1 N–H and O–H groups in total. The van der Waals surface area contributed by atoms with Gasteiger partial charge in [-0.15, -0.1) is 11.3 Å². The molecule has 2 aromatic heterocycles. The highest BCUT2D eigenvalue weighted by molar-refractivity contribution is 8.02. The van der Waals surface area contributed by atoms with Crippen LogP contribution in [0.3, 0.4) is 0 Å². The third-order valence-electron chi connectivity index (χ3n) is 6.09. The molecule has 1 aliphatic heterocycles. The second kappa shape index (κ2) is 14.0. The van der Waals surface area contributed by atoms with Crippen molar-refractivity contribution in [1.29, 1.82) is 0 Å². The molecule has 0 unspecified atom stereocenters. The first-order valence-corrected chi connectivity index (χ1v) is 14.3. The number of morpholine rings is 1. The summed E-state index contributed by atoms with van der Waals surface area (Å²) in [6.07, 6.45) is 12.1. The van der Waals surface area contributed by atoms with Crippen LogP contribution in [-0.4, -0.2) is 70.2 Å². The van der Waals surface area contributed by atoms with Crippen molar-refractivity contribution in [2.75, 3.05) is 49.2 Å². The minimum absolute atomic E-state index is 0.740. The third kappa shape index (κ3) is 8.91. The number of unbranched alkanes of at least 4 members (excludes halogenated alkanes) is 5. The lowest BCUT2D eigenvalue weighted by atomic mass is 10.1. The minimum Gasteiger partial charge on any atom is -0.480 e. The number of nitrogens with zero attached hydrogens (tertiary/aromatic N) is 5. The monoisotopic (exact) mass is 521 g/mol. The van der Waals surface area contributed by atoms with Gasteiger partial charge in [-0.3, -0.25) is 4.79 Å². The maximum Gasteiger partial charge on any atom is 0.319 e. The summed E-state index contributed by atoms with van der Waals surface area (Å²) >= 11 is 2.81. The van der Waals surface area contributed by atoms with Crippen molar-refractivity contribution in [1.82, 2.24) is 15.0 Å². The fourth-order valence-corrected chi connectivity index (χ4v) is 6.04. The number of ether oxygens (including phenoxy) is 1. The number of aliphatic carboxylic acids is 1. The van der Waals surface area contributed by atoms with E-state index < -0.39 is 10.7 Å². The van der Waals surface area contributed by atoms with Gasteiger partial charge in [0.1, 0.15) is 4.75 Å². The average molecular weight is 522 g/mol. The molecule has 0 amide bonds. The van der Waals surface area contributed by atoms with Gasteiger partial charge in [0.05, 0.1) is 37.0 Å². The molecule has 2 aromatic rings. The first kappa shape index (κ1) is 27.7. The van der Waals surface area contributed by atoms with Gasteiger partial charge in [-0.05, 0) is 20.3 Å². The zero-order valence-corrected chi connectivity index (χ0v) is 22.9. The number of carboxylic acid groups (broad SMARTS) is 1. The highest BCUT2D eigenvalue weighted by Crippen LogP contribution is 2.34. The Hall–Kier alpha value is -1.91. The van der Waals surface area contributed by atoms with E-state index in [1.807, 2.05) is 17.8 Å². The van der Waals surface area contributed by atoms with Crippen molar-refractivity contribution in [3.63, 3.8) is 0 Å². The zero-order valence-electron chi connectivity index (χ0n) is 21.2. The number of hydrogen-bond donors (Lipinski definition) is 1. The topological polar surface area (TPSA) is 91.7 Å². The highest BCUT2D eigenvalue weighted by atomic mass is 32.2. The Balaban J connectivity index is 1.60.